The van der Waals surface area contributed by atoms with Gasteiger partial charge in [0.1, 0.15) is 0 Å². The van der Waals surface area contributed by atoms with Crippen LogP contribution in [0.2, 0.25) is 0 Å². The van der Waals surface area contributed by atoms with Gasteiger partial charge >= 0.3 is 0 Å². The van der Waals surface area contributed by atoms with E-state index in [0.717, 1.165) is 0 Å². The van der Waals surface area contributed by atoms with Crippen molar-refractivity contribution in [2.45, 2.75) is 19.3 Å². The summed E-state index contributed by atoms with van der Waals surface area (Å²) in [6.45, 7) is 1.32. The van der Waals surface area contributed by atoms with Gasteiger partial charge in [-0.1, -0.05) is 6.42 Å². The Bertz CT molecular complexity index is 260. The molecule has 0 radical (unpaired) electrons. The number of hydrogen-bond acceptors (Lipinski definition) is 2. The highest BCUT2D eigenvalue weighted by Crippen LogP contribution is 2.48. The maximum Gasteiger partial charge on any atom is 0.276 e. The lowest BCUT2D eigenvalue weighted by molar-refractivity contribution is -0.00792. The van der Waals surface area contributed by atoms with Crippen LogP contribution in [0.5, 0.6) is 0 Å². The summed E-state index contributed by atoms with van der Waals surface area (Å²) in [6, 6.07) is 0. The molecule has 2 aliphatic rings. The van der Waals surface area contributed by atoms with Crippen LogP contribution in [-0.4, -0.2) is 25.8 Å². The molecule has 1 saturated heterocycles. The number of nitrogens with two attached hydrogens (primary N) is 1. The van der Waals surface area contributed by atoms with Crippen molar-refractivity contribution in [3.8, 4) is 0 Å². The summed E-state index contributed by atoms with van der Waals surface area (Å²) in [5.74, 6) is 0. The van der Waals surface area contributed by atoms with Gasteiger partial charge in [0.15, 0.2) is 0 Å². The molecule has 0 aromatic heterocycles. The zero-order valence-electron chi connectivity index (χ0n) is 6.28. The molecule has 0 unspecified atom stereocenters. The summed E-state index contributed by atoms with van der Waals surface area (Å²) < 4.78 is 22.8. The normalized spacial score (nSPS) is 29.5. The zero-order chi connectivity index (χ0) is 8.11. The Morgan fingerprint density at radius 1 is 1.27 bits per heavy atom. The van der Waals surface area contributed by atoms with Gasteiger partial charge in [-0.05, 0) is 18.3 Å². The van der Waals surface area contributed by atoms with Crippen LogP contribution in [0.1, 0.15) is 19.3 Å². The third-order valence-electron chi connectivity index (χ3n) is 2.80. The Kier molecular flexibility index (Phi) is 1.34. The van der Waals surface area contributed by atoms with Gasteiger partial charge < -0.3 is 0 Å². The van der Waals surface area contributed by atoms with Gasteiger partial charge in [0, 0.05) is 13.1 Å². The highest BCUT2D eigenvalue weighted by Gasteiger charge is 2.50. The van der Waals surface area contributed by atoms with Crippen LogP contribution < -0.4 is 5.14 Å². The molecule has 1 aliphatic carbocycles. The van der Waals surface area contributed by atoms with Crippen LogP contribution in [0.25, 0.3) is 0 Å². The lowest BCUT2D eigenvalue weighted by Crippen LogP contribution is -2.62. The van der Waals surface area contributed by atoms with E-state index in [1.165, 1.54) is 23.6 Å². The van der Waals surface area contributed by atoms with Crippen molar-refractivity contribution in [3.05, 3.63) is 0 Å². The summed E-state index contributed by atoms with van der Waals surface area (Å²) in [7, 11) is -3.38. The van der Waals surface area contributed by atoms with E-state index in [9.17, 15) is 8.42 Å². The first kappa shape index (κ1) is 7.52. The first-order valence-electron chi connectivity index (χ1n) is 3.80. The average Bonchev–Trinajstić information content (AvgIpc) is 1.49. The van der Waals surface area contributed by atoms with E-state index in [1.807, 2.05) is 0 Å². The predicted octanol–water partition coefficient (Wildman–Crippen LogP) is -0.324. The molecule has 2 rings (SSSR count). The summed E-state index contributed by atoms with van der Waals surface area (Å²) >= 11 is 0. The van der Waals surface area contributed by atoms with Crippen molar-refractivity contribution in [3.63, 3.8) is 0 Å². The molecule has 5 heteroatoms. The fourth-order valence-electron chi connectivity index (χ4n) is 1.87. The van der Waals surface area contributed by atoms with E-state index in [0.29, 0.717) is 18.5 Å². The Hall–Kier alpha value is -0.130. The summed E-state index contributed by atoms with van der Waals surface area (Å²) in [5, 5.41) is 4.94. The van der Waals surface area contributed by atoms with Crippen molar-refractivity contribution in [2.75, 3.05) is 13.1 Å². The van der Waals surface area contributed by atoms with E-state index in [2.05, 4.69) is 0 Å². The largest absolute Gasteiger partial charge is 0.276 e. The molecular formula is C6H12N2O2S. The van der Waals surface area contributed by atoms with Crippen LogP contribution in [0.15, 0.2) is 0 Å². The Morgan fingerprint density at radius 3 is 2.09 bits per heavy atom. The molecule has 1 spiro atoms. The quantitative estimate of drug-likeness (QED) is 0.595. The Labute approximate surface area is 66.5 Å². The molecule has 0 atom stereocenters. The van der Waals surface area contributed by atoms with Gasteiger partial charge in [-0.3, -0.25) is 0 Å². The van der Waals surface area contributed by atoms with Gasteiger partial charge in [-0.2, -0.15) is 12.7 Å². The second-order valence-corrected chi connectivity index (χ2v) is 5.21. The molecule has 64 valence electrons. The van der Waals surface area contributed by atoms with E-state index in [1.54, 1.807) is 0 Å². The van der Waals surface area contributed by atoms with Crippen molar-refractivity contribution in [2.24, 2.45) is 10.6 Å². The highest BCUT2D eigenvalue weighted by molar-refractivity contribution is 7.86. The van der Waals surface area contributed by atoms with E-state index in [4.69, 9.17) is 5.14 Å². The first-order chi connectivity index (χ1) is 5.02. The van der Waals surface area contributed by atoms with Gasteiger partial charge in [-0.15, -0.1) is 0 Å². The molecule has 0 amide bonds. The molecule has 0 aromatic rings. The predicted molar refractivity (Wildman–Crippen MR) is 41.0 cm³/mol. The molecular weight excluding hydrogens is 164 g/mol. The van der Waals surface area contributed by atoms with Gasteiger partial charge in [0.05, 0.1) is 0 Å². The monoisotopic (exact) mass is 176 g/mol. The molecule has 2 N–H and O–H groups in total. The topological polar surface area (TPSA) is 63.4 Å². The molecule has 0 bridgehead atoms. The van der Waals surface area contributed by atoms with Crippen molar-refractivity contribution >= 4 is 10.2 Å². The maximum absolute atomic E-state index is 10.7. The van der Waals surface area contributed by atoms with Crippen LogP contribution in [0, 0.1) is 5.41 Å². The van der Waals surface area contributed by atoms with Crippen LogP contribution in [-0.2, 0) is 10.2 Å². The summed E-state index contributed by atoms with van der Waals surface area (Å²) in [4.78, 5) is 0. The second kappa shape index (κ2) is 1.97. The number of rotatable bonds is 1. The fourth-order valence-corrected chi connectivity index (χ4v) is 2.78. The van der Waals surface area contributed by atoms with Crippen LogP contribution in [0.4, 0.5) is 0 Å². The minimum absolute atomic E-state index is 0.340. The van der Waals surface area contributed by atoms with E-state index in [-0.39, 0.29) is 0 Å². The van der Waals surface area contributed by atoms with Crippen molar-refractivity contribution < 1.29 is 8.42 Å². The molecule has 1 heterocycles. The van der Waals surface area contributed by atoms with Crippen molar-refractivity contribution in [1.29, 1.82) is 0 Å². The lowest BCUT2D eigenvalue weighted by Gasteiger charge is -2.54. The molecule has 1 aliphatic heterocycles. The van der Waals surface area contributed by atoms with Gasteiger partial charge in [-0.25, -0.2) is 5.14 Å². The zero-order valence-corrected chi connectivity index (χ0v) is 7.10. The molecule has 1 saturated carbocycles. The molecule has 4 nitrogen and oxygen atoms in total. The smallest absolute Gasteiger partial charge is 0.216 e. The van der Waals surface area contributed by atoms with Gasteiger partial charge in [0.25, 0.3) is 10.2 Å². The summed E-state index contributed by atoms with van der Waals surface area (Å²) in [5.41, 5.74) is 0.340. The lowest BCUT2D eigenvalue weighted by atomic mass is 9.65. The molecule has 0 aromatic carbocycles. The van der Waals surface area contributed by atoms with Crippen LogP contribution >= 0.6 is 0 Å². The molecule has 11 heavy (non-hydrogen) atoms. The van der Waals surface area contributed by atoms with Crippen molar-refractivity contribution in [1.82, 2.24) is 4.31 Å². The van der Waals surface area contributed by atoms with Gasteiger partial charge in [0.2, 0.25) is 0 Å². The minimum atomic E-state index is -3.38. The number of hydrogen-bond donors (Lipinski definition) is 1. The van der Waals surface area contributed by atoms with E-state index < -0.39 is 10.2 Å². The standard InChI is InChI=1S/C6H12N2O2S/c7-11(9,10)8-4-6(5-8)2-1-3-6/h1-5H2,(H2,7,9,10). The minimum Gasteiger partial charge on any atom is -0.216 e. The fraction of sp³-hybridized carbons (Fsp3) is 1.00. The average molecular weight is 176 g/mol. The van der Waals surface area contributed by atoms with E-state index >= 15 is 0 Å². The third kappa shape index (κ3) is 1.07. The maximum atomic E-state index is 10.7. The Morgan fingerprint density at radius 2 is 1.82 bits per heavy atom. The first-order valence-corrected chi connectivity index (χ1v) is 5.30. The highest BCUT2D eigenvalue weighted by atomic mass is 32.2. The molecule has 2 fully saturated rings. The van der Waals surface area contributed by atoms with Crippen LogP contribution in [0.3, 0.4) is 0 Å². The second-order valence-electron chi connectivity index (χ2n) is 3.67. The Balaban J connectivity index is 1.98. The number of nitrogens with zero attached hydrogens (tertiary/aromatic N) is 1. The SMILES string of the molecule is NS(=O)(=O)N1CC2(CCC2)C1. The summed E-state index contributed by atoms with van der Waals surface area (Å²) in [6.07, 6.45) is 3.61. The third-order valence-corrected chi connectivity index (χ3v) is 3.78.